The molecule has 0 N–H and O–H groups in total. The topological polar surface area (TPSA) is 52.4 Å². The van der Waals surface area contributed by atoms with Crippen LogP contribution >= 0.6 is 15.9 Å². The summed E-state index contributed by atoms with van der Waals surface area (Å²) in [5.74, 6) is -0.577. The van der Waals surface area contributed by atoms with Crippen molar-refractivity contribution in [3.05, 3.63) is 39.7 Å². The Morgan fingerprint density at radius 2 is 2.24 bits per heavy atom. The van der Waals surface area contributed by atoms with Gasteiger partial charge in [-0.1, -0.05) is 15.9 Å². The predicted octanol–water partition coefficient (Wildman–Crippen LogP) is 3.08. The third-order valence-electron chi connectivity index (χ3n) is 2.25. The van der Waals surface area contributed by atoms with Crippen LogP contribution in [0.3, 0.4) is 0 Å². The first-order valence-corrected chi connectivity index (χ1v) is 6.01. The molecule has 0 heterocycles. The van der Waals surface area contributed by atoms with Crippen LogP contribution in [0.4, 0.5) is 10.1 Å². The molecule has 0 spiro atoms. The van der Waals surface area contributed by atoms with Gasteiger partial charge in [0.1, 0.15) is 5.82 Å². The zero-order valence-electron chi connectivity index (χ0n) is 9.36. The summed E-state index contributed by atoms with van der Waals surface area (Å²) in [7, 11) is 1.60. The Hall–Kier alpha value is -1.01. The molecule has 1 aromatic rings. The lowest BCUT2D eigenvalue weighted by Crippen LogP contribution is -2.07. The molecule has 17 heavy (non-hydrogen) atoms. The average Bonchev–Trinajstić information content (AvgIpc) is 2.26. The highest BCUT2D eigenvalue weighted by atomic mass is 79.9. The van der Waals surface area contributed by atoms with Gasteiger partial charge in [-0.05, 0) is 24.5 Å². The Labute approximate surface area is 107 Å². The van der Waals surface area contributed by atoms with E-state index in [1.165, 1.54) is 12.1 Å². The summed E-state index contributed by atoms with van der Waals surface area (Å²) in [4.78, 5) is 10.1. The third kappa shape index (κ3) is 4.79. The largest absolute Gasteiger partial charge is 0.384 e. The monoisotopic (exact) mass is 305 g/mol. The van der Waals surface area contributed by atoms with Gasteiger partial charge in [0.05, 0.1) is 17.6 Å². The Morgan fingerprint density at radius 3 is 2.82 bits per heavy atom. The van der Waals surface area contributed by atoms with Gasteiger partial charge in [-0.3, -0.25) is 10.1 Å². The maximum absolute atomic E-state index is 13.1. The Bertz CT molecular complexity index is 400. The molecule has 0 aliphatic carbocycles. The highest BCUT2D eigenvalue weighted by molar-refractivity contribution is 9.09. The number of ether oxygens (including phenoxy) is 1. The van der Waals surface area contributed by atoms with Crippen molar-refractivity contribution in [2.24, 2.45) is 0 Å². The van der Waals surface area contributed by atoms with E-state index in [1.807, 2.05) is 0 Å². The molecule has 1 atom stereocenters. The number of benzene rings is 1. The second-order valence-corrected chi connectivity index (χ2v) is 4.96. The van der Waals surface area contributed by atoms with E-state index in [-0.39, 0.29) is 10.5 Å². The van der Waals surface area contributed by atoms with Crippen molar-refractivity contribution >= 4 is 21.6 Å². The van der Waals surface area contributed by atoms with Crippen molar-refractivity contribution in [3.8, 4) is 0 Å². The molecule has 0 aliphatic heterocycles. The Balaban J connectivity index is 2.68. The minimum absolute atomic E-state index is 0.162. The van der Waals surface area contributed by atoms with E-state index in [0.29, 0.717) is 18.6 Å². The molecule has 1 aromatic carbocycles. The van der Waals surface area contributed by atoms with E-state index in [4.69, 9.17) is 4.74 Å². The van der Waals surface area contributed by atoms with Gasteiger partial charge in [0.25, 0.3) is 5.69 Å². The number of hydrogen-bond donors (Lipinski definition) is 0. The van der Waals surface area contributed by atoms with E-state index in [2.05, 4.69) is 15.9 Å². The molecule has 0 fully saturated rings. The smallest absolute Gasteiger partial charge is 0.272 e. The van der Waals surface area contributed by atoms with E-state index in [9.17, 15) is 14.5 Å². The minimum Gasteiger partial charge on any atom is -0.384 e. The molecule has 0 amide bonds. The van der Waals surface area contributed by atoms with Gasteiger partial charge in [0, 0.05) is 18.0 Å². The number of nitrogens with zero attached hydrogens (tertiary/aromatic N) is 1. The fourth-order valence-electron chi connectivity index (χ4n) is 1.47. The van der Waals surface area contributed by atoms with Crippen LogP contribution in [0.15, 0.2) is 18.2 Å². The van der Waals surface area contributed by atoms with Gasteiger partial charge >= 0.3 is 0 Å². The van der Waals surface area contributed by atoms with Crippen molar-refractivity contribution < 1.29 is 14.1 Å². The number of hydrogen-bond acceptors (Lipinski definition) is 3. The second kappa shape index (κ2) is 6.66. The first-order valence-electron chi connectivity index (χ1n) is 5.09. The van der Waals surface area contributed by atoms with Gasteiger partial charge in [-0.25, -0.2) is 4.39 Å². The molecule has 1 unspecified atom stereocenters. The van der Waals surface area contributed by atoms with Crippen LogP contribution in [-0.2, 0) is 11.2 Å². The van der Waals surface area contributed by atoms with Crippen LogP contribution in [0.5, 0.6) is 0 Å². The number of nitro benzene ring substituents is 1. The first-order chi connectivity index (χ1) is 8.02. The number of rotatable bonds is 6. The number of methoxy groups -OCH3 is 1. The highest BCUT2D eigenvalue weighted by Crippen LogP contribution is 2.19. The number of halogens is 2. The lowest BCUT2D eigenvalue weighted by atomic mass is 10.1. The van der Waals surface area contributed by atoms with Crippen LogP contribution < -0.4 is 0 Å². The van der Waals surface area contributed by atoms with E-state index in [1.54, 1.807) is 7.11 Å². The first kappa shape index (κ1) is 14.1. The molecule has 1 rings (SSSR count). The second-order valence-electron chi connectivity index (χ2n) is 3.67. The molecule has 0 bridgehead atoms. The molecule has 0 radical (unpaired) electrons. The van der Waals surface area contributed by atoms with Crippen molar-refractivity contribution in [3.63, 3.8) is 0 Å². The number of alkyl halides is 1. The lowest BCUT2D eigenvalue weighted by Gasteiger charge is -2.08. The van der Waals surface area contributed by atoms with Crippen LogP contribution in [0, 0.1) is 15.9 Å². The van der Waals surface area contributed by atoms with E-state index < -0.39 is 10.7 Å². The molecule has 94 valence electrons. The molecule has 6 heteroatoms. The van der Waals surface area contributed by atoms with Crippen LogP contribution in [0.2, 0.25) is 0 Å². The number of aryl methyl sites for hydroxylation is 1. The summed E-state index contributed by atoms with van der Waals surface area (Å²) in [5.41, 5.74) is 0.412. The zero-order chi connectivity index (χ0) is 12.8. The van der Waals surface area contributed by atoms with Gasteiger partial charge in [0.15, 0.2) is 0 Å². The highest BCUT2D eigenvalue weighted by Gasteiger charge is 2.11. The summed E-state index contributed by atoms with van der Waals surface area (Å²) in [6.07, 6.45) is 1.30. The molecule has 0 aromatic heterocycles. The molecule has 0 aliphatic rings. The van der Waals surface area contributed by atoms with Crippen molar-refractivity contribution in [2.75, 3.05) is 13.7 Å². The van der Waals surface area contributed by atoms with Crippen molar-refractivity contribution in [2.45, 2.75) is 17.7 Å². The van der Waals surface area contributed by atoms with E-state index in [0.717, 1.165) is 12.5 Å². The fraction of sp³-hybridized carbons (Fsp3) is 0.455. The molecule has 4 nitrogen and oxygen atoms in total. The molecule has 0 saturated carbocycles. The molecular formula is C11H13BrFNO3. The summed E-state index contributed by atoms with van der Waals surface area (Å²) < 4.78 is 18.1. The predicted molar refractivity (Wildman–Crippen MR) is 66.0 cm³/mol. The van der Waals surface area contributed by atoms with Crippen molar-refractivity contribution in [1.29, 1.82) is 0 Å². The van der Waals surface area contributed by atoms with Crippen molar-refractivity contribution in [1.82, 2.24) is 0 Å². The summed E-state index contributed by atoms with van der Waals surface area (Å²) in [5, 5.41) is 10.6. The normalized spacial score (nSPS) is 12.4. The number of non-ortho nitro benzene ring substituents is 1. The summed E-state index contributed by atoms with van der Waals surface area (Å²) in [6.45, 7) is 0.553. The van der Waals surface area contributed by atoms with E-state index >= 15 is 0 Å². The average molecular weight is 306 g/mol. The standard InChI is InChI=1S/C11H13BrFNO3/c1-17-7-9(12)3-2-8-4-10(13)6-11(5-8)14(15)16/h4-6,9H,2-3,7H2,1H3. The van der Waals surface area contributed by atoms with Gasteiger partial charge in [0.2, 0.25) is 0 Å². The molecule has 0 saturated heterocycles. The summed E-state index contributed by atoms with van der Waals surface area (Å²) in [6, 6.07) is 3.64. The van der Waals surface area contributed by atoms with Gasteiger partial charge < -0.3 is 4.74 Å². The number of nitro groups is 1. The third-order valence-corrected chi connectivity index (χ3v) is 2.97. The fourth-order valence-corrected chi connectivity index (χ4v) is 1.96. The summed E-state index contributed by atoms with van der Waals surface area (Å²) >= 11 is 3.41. The lowest BCUT2D eigenvalue weighted by molar-refractivity contribution is -0.385. The maximum atomic E-state index is 13.1. The van der Waals surface area contributed by atoms with Gasteiger partial charge in [-0.2, -0.15) is 0 Å². The SMILES string of the molecule is COCC(Br)CCc1cc(F)cc([N+](=O)[O-])c1. The van der Waals surface area contributed by atoms with Crippen LogP contribution in [-0.4, -0.2) is 23.5 Å². The van der Waals surface area contributed by atoms with Crippen LogP contribution in [0.25, 0.3) is 0 Å². The van der Waals surface area contributed by atoms with Crippen LogP contribution in [0.1, 0.15) is 12.0 Å². The zero-order valence-corrected chi connectivity index (χ0v) is 10.9. The Morgan fingerprint density at radius 1 is 1.53 bits per heavy atom. The minimum atomic E-state index is -0.590. The molecular weight excluding hydrogens is 293 g/mol. The quantitative estimate of drug-likeness (QED) is 0.461. The Kier molecular flexibility index (Phi) is 5.50. The maximum Gasteiger partial charge on any atom is 0.272 e. The van der Waals surface area contributed by atoms with Gasteiger partial charge in [-0.15, -0.1) is 0 Å².